The highest BCUT2D eigenvalue weighted by Crippen LogP contribution is 2.14. The van der Waals surface area contributed by atoms with Gasteiger partial charge in [-0.2, -0.15) is 0 Å². The molecule has 0 aliphatic rings. The Morgan fingerprint density at radius 3 is 2.70 bits per heavy atom. The summed E-state index contributed by atoms with van der Waals surface area (Å²) in [7, 11) is 1.78. The predicted molar refractivity (Wildman–Crippen MR) is 118 cm³/mol. The molecule has 3 heterocycles. The lowest BCUT2D eigenvalue weighted by molar-refractivity contribution is 0.0783. The molecule has 0 fully saturated rings. The summed E-state index contributed by atoms with van der Waals surface area (Å²) < 4.78 is 0. The van der Waals surface area contributed by atoms with Crippen molar-refractivity contribution in [3.63, 3.8) is 0 Å². The van der Waals surface area contributed by atoms with Gasteiger partial charge in [-0.1, -0.05) is 30.3 Å². The molecule has 150 valence electrons. The van der Waals surface area contributed by atoms with Crippen molar-refractivity contribution >= 4 is 22.6 Å². The number of nitrogens with zero attached hydrogens (tertiary/aromatic N) is 4. The number of benzene rings is 1. The fourth-order valence-corrected chi connectivity index (χ4v) is 3.24. The first-order valence-electron chi connectivity index (χ1n) is 9.88. The van der Waals surface area contributed by atoms with Crippen LogP contribution >= 0.6 is 0 Å². The number of anilines is 1. The second kappa shape index (κ2) is 9.13. The fourth-order valence-electron chi connectivity index (χ4n) is 3.24. The quantitative estimate of drug-likeness (QED) is 0.511. The molecule has 0 saturated heterocycles. The Kier molecular flexibility index (Phi) is 5.94. The van der Waals surface area contributed by atoms with E-state index in [0.29, 0.717) is 12.1 Å². The molecule has 1 amide bonds. The molecule has 6 heteroatoms. The average Bonchev–Trinajstić information content (AvgIpc) is 2.80. The van der Waals surface area contributed by atoms with E-state index in [1.807, 2.05) is 60.8 Å². The number of carbonyl (C=O) groups excluding carboxylic acids is 1. The van der Waals surface area contributed by atoms with Crippen molar-refractivity contribution in [3.05, 3.63) is 96.1 Å². The highest BCUT2D eigenvalue weighted by molar-refractivity contribution is 5.93. The number of carbonyl (C=O) groups is 1. The standard InChI is InChI=1S/C24H23N5O/c1-29(17-21-10-8-19-6-2-3-7-22(19)28-21)24(30)20-9-11-23(27-16-20)26-14-12-18-5-4-13-25-15-18/h2-11,13,15-16H,12,14,17H2,1H3,(H,26,27). The fraction of sp³-hybridized carbons (Fsp3) is 0.167. The molecular formula is C24H23N5O. The van der Waals surface area contributed by atoms with E-state index in [1.165, 1.54) is 5.56 Å². The topological polar surface area (TPSA) is 71.0 Å². The van der Waals surface area contributed by atoms with Crippen LogP contribution in [-0.4, -0.2) is 39.4 Å². The largest absolute Gasteiger partial charge is 0.370 e. The number of rotatable bonds is 7. The van der Waals surface area contributed by atoms with Crippen molar-refractivity contribution in [1.82, 2.24) is 19.9 Å². The van der Waals surface area contributed by atoms with Crippen LogP contribution in [0.1, 0.15) is 21.6 Å². The van der Waals surface area contributed by atoms with Crippen LogP contribution < -0.4 is 5.32 Å². The van der Waals surface area contributed by atoms with Gasteiger partial charge in [0.15, 0.2) is 0 Å². The van der Waals surface area contributed by atoms with Crippen LogP contribution in [0.25, 0.3) is 10.9 Å². The lowest BCUT2D eigenvalue weighted by Crippen LogP contribution is -2.26. The van der Waals surface area contributed by atoms with Gasteiger partial charge in [0, 0.05) is 37.6 Å². The van der Waals surface area contributed by atoms with Crippen molar-refractivity contribution in [2.75, 3.05) is 18.9 Å². The minimum atomic E-state index is -0.0839. The summed E-state index contributed by atoms with van der Waals surface area (Å²) in [5.74, 6) is 0.661. The summed E-state index contributed by atoms with van der Waals surface area (Å²) in [6, 6.07) is 19.6. The molecule has 0 aliphatic heterocycles. The average molecular weight is 397 g/mol. The summed E-state index contributed by atoms with van der Waals surface area (Å²) >= 11 is 0. The van der Waals surface area contributed by atoms with Gasteiger partial charge in [-0.05, 0) is 42.3 Å². The molecule has 30 heavy (non-hydrogen) atoms. The summed E-state index contributed by atoms with van der Waals surface area (Å²) in [5, 5.41) is 4.36. The molecule has 1 aromatic carbocycles. The van der Waals surface area contributed by atoms with E-state index in [-0.39, 0.29) is 5.91 Å². The van der Waals surface area contributed by atoms with Crippen molar-refractivity contribution in [2.24, 2.45) is 0 Å². The smallest absolute Gasteiger partial charge is 0.255 e. The van der Waals surface area contributed by atoms with E-state index in [0.717, 1.165) is 35.4 Å². The van der Waals surface area contributed by atoms with Crippen LogP contribution in [0.2, 0.25) is 0 Å². The van der Waals surface area contributed by atoms with Crippen molar-refractivity contribution < 1.29 is 4.79 Å². The monoisotopic (exact) mass is 397 g/mol. The number of para-hydroxylation sites is 1. The summed E-state index contributed by atoms with van der Waals surface area (Å²) in [6.45, 7) is 1.19. The third kappa shape index (κ3) is 4.78. The number of nitrogens with one attached hydrogen (secondary N) is 1. The van der Waals surface area contributed by atoms with Gasteiger partial charge in [-0.3, -0.25) is 14.8 Å². The van der Waals surface area contributed by atoms with Crippen LogP contribution in [0, 0.1) is 0 Å². The van der Waals surface area contributed by atoms with Gasteiger partial charge in [0.25, 0.3) is 5.91 Å². The van der Waals surface area contributed by atoms with Gasteiger partial charge in [0.05, 0.1) is 23.3 Å². The zero-order valence-corrected chi connectivity index (χ0v) is 16.8. The Bertz CT molecular complexity index is 1130. The number of fused-ring (bicyclic) bond motifs is 1. The Balaban J connectivity index is 1.34. The maximum absolute atomic E-state index is 12.8. The normalized spacial score (nSPS) is 10.7. The summed E-state index contributed by atoms with van der Waals surface area (Å²) in [5.41, 5.74) is 3.50. The second-order valence-electron chi connectivity index (χ2n) is 7.13. The molecule has 0 bridgehead atoms. The summed E-state index contributed by atoms with van der Waals surface area (Å²) in [6.07, 6.45) is 6.09. The van der Waals surface area contributed by atoms with E-state index in [9.17, 15) is 4.79 Å². The number of hydrogen-bond acceptors (Lipinski definition) is 5. The Morgan fingerprint density at radius 1 is 1.00 bits per heavy atom. The molecular weight excluding hydrogens is 374 g/mol. The Morgan fingerprint density at radius 2 is 1.90 bits per heavy atom. The maximum atomic E-state index is 12.8. The highest BCUT2D eigenvalue weighted by atomic mass is 16.2. The van der Waals surface area contributed by atoms with E-state index in [2.05, 4.69) is 20.3 Å². The van der Waals surface area contributed by atoms with Gasteiger partial charge in [0.2, 0.25) is 0 Å². The molecule has 1 N–H and O–H groups in total. The van der Waals surface area contributed by atoms with Gasteiger partial charge < -0.3 is 10.2 Å². The molecule has 0 spiro atoms. The molecule has 0 aliphatic carbocycles. The van der Waals surface area contributed by atoms with E-state index < -0.39 is 0 Å². The third-order valence-corrected chi connectivity index (χ3v) is 4.85. The summed E-state index contributed by atoms with van der Waals surface area (Å²) in [4.78, 5) is 27.5. The van der Waals surface area contributed by atoms with Crippen molar-refractivity contribution in [3.8, 4) is 0 Å². The molecule has 0 unspecified atom stereocenters. The third-order valence-electron chi connectivity index (χ3n) is 4.85. The van der Waals surface area contributed by atoms with E-state index >= 15 is 0 Å². The maximum Gasteiger partial charge on any atom is 0.255 e. The van der Waals surface area contributed by atoms with Gasteiger partial charge in [-0.25, -0.2) is 4.98 Å². The van der Waals surface area contributed by atoms with Gasteiger partial charge in [0.1, 0.15) is 5.82 Å². The molecule has 0 atom stereocenters. The van der Waals surface area contributed by atoms with Crippen LogP contribution in [0.4, 0.5) is 5.82 Å². The Hall–Kier alpha value is -3.80. The zero-order chi connectivity index (χ0) is 20.8. The van der Waals surface area contributed by atoms with Crippen LogP contribution in [0.15, 0.2) is 79.3 Å². The first-order chi connectivity index (χ1) is 14.7. The minimum Gasteiger partial charge on any atom is -0.370 e. The number of hydrogen-bond donors (Lipinski definition) is 1. The lowest BCUT2D eigenvalue weighted by atomic mass is 10.2. The Labute approximate surface area is 175 Å². The molecule has 6 nitrogen and oxygen atoms in total. The second-order valence-corrected chi connectivity index (χ2v) is 7.13. The zero-order valence-electron chi connectivity index (χ0n) is 16.8. The first-order valence-corrected chi connectivity index (χ1v) is 9.88. The minimum absolute atomic E-state index is 0.0839. The number of aromatic nitrogens is 3. The highest BCUT2D eigenvalue weighted by Gasteiger charge is 2.13. The lowest BCUT2D eigenvalue weighted by Gasteiger charge is -2.17. The van der Waals surface area contributed by atoms with E-state index in [1.54, 1.807) is 30.4 Å². The van der Waals surface area contributed by atoms with Crippen LogP contribution in [0.5, 0.6) is 0 Å². The number of amides is 1. The molecule has 3 aromatic heterocycles. The first kappa shape index (κ1) is 19.5. The predicted octanol–water partition coefficient (Wildman–Crippen LogP) is 3.95. The van der Waals surface area contributed by atoms with Crippen LogP contribution in [0.3, 0.4) is 0 Å². The van der Waals surface area contributed by atoms with Gasteiger partial charge in [-0.15, -0.1) is 0 Å². The van der Waals surface area contributed by atoms with E-state index in [4.69, 9.17) is 0 Å². The van der Waals surface area contributed by atoms with Crippen molar-refractivity contribution in [2.45, 2.75) is 13.0 Å². The number of pyridine rings is 3. The molecule has 0 saturated carbocycles. The van der Waals surface area contributed by atoms with Crippen LogP contribution in [-0.2, 0) is 13.0 Å². The molecule has 0 radical (unpaired) electrons. The SMILES string of the molecule is CN(Cc1ccc2ccccc2n1)C(=O)c1ccc(NCCc2cccnc2)nc1. The molecule has 4 aromatic rings. The molecule has 4 rings (SSSR count). The van der Waals surface area contributed by atoms with Gasteiger partial charge >= 0.3 is 0 Å². The van der Waals surface area contributed by atoms with Crippen molar-refractivity contribution in [1.29, 1.82) is 0 Å².